The Kier molecular flexibility index (Phi) is 3.63. The summed E-state index contributed by atoms with van der Waals surface area (Å²) in [5.74, 6) is 0.191. The number of aromatic nitrogens is 2. The maximum absolute atomic E-state index is 12.1. The van der Waals surface area contributed by atoms with Gasteiger partial charge in [-0.05, 0) is 35.0 Å². The summed E-state index contributed by atoms with van der Waals surface area (Å²) < 4.78 is 27.1. The van der Waals surface area contributed by atoms with Gasteiger partial charge >= 0.3 is 0 Å². The van der Waals surface area contributed by atoms with Crippen molar-refractivity contribution >= 4 is 31.8 Å². The van der Waals surface area contributed by atoms with Crippen LogP contribution in [0.1, 0.15) is 5.69 Å². The number of sulfonamides is 1. The minimum Gasteiger partial charge on any atom is -0.262 e. The SMILES string of the molecule is Cc1cnc(NS(=O)(=O)c2ccccc2Br)cn1. The van der Waals surface area contributed by atoms with Crippen molar-refractivity contribution in [1.29, 1.82) is 0 Å². The molecule has 0 spiro atoms. The van der Waals surface area contributed by atoms with Gasteiger partial charge in [0.05, 0.1) is 18.1 Å². The number of rotatable bonds is 3. The lowest BCUT2D eigenvalue weighted by Gasteiger charge is -2.08. The molecule has 0 saturated heterocycles. The van der Waals surface area contributed by atoms with E-state index in [2.05, 4.69) is 30.6 Å². The van der Waals surface area contributed by atoms with E-state index in [1.165, 1.54) is 18.5 Å². The number of nitrogens with one attached hydrogen (secondary N) is 1. The fourth-order valence-electron chi connectivity index (χ4n) is 1.30. The summed E-state index contributed by atoms with van der Waals surface area (Å²) in [6.07, 6.45) is 2.88. The molecule has 1 aromatic heterocycles. The molecule has 1 heterocycles. The molecule has 0 bridgehead atoms. The zero-order chi connectivity index (χ0) is 13.2. The smallest absolute Gasteiger partial charge is 0.262 e. The van der Waals surface area contributed by atoms with Crippen LogP contribution in [0.15, 0.2) is 46.0 Å². The minimum absolute atomic E-state index is 0.160. The van der Waals surface area contributed by atoms with Crippen molar-refractivity contribution in [2.45, 2.75) is 11.8 Å². The first-order chi connectivity index (χ1) is 8.49. The van der Waals surface area contributed by atoms with Crippen LogP contribution >= 0.6 is 15.9 Å². The van der Waals surface area contributed by atoms with E-state index in [1.54, 1.807) is 25.1 Å². The van der Waals surface area contributed by atoms with Gasteiger partial charge in [-0.1, -0.05) is 12.1 Å². The number of anilines is 1. The molecule has 94 valence electrons. The molecule has 2 rings (SSSR count). The Morgan fingerprint density at radius 3 is 2.50 bits per heavy atom. The fourth-order valence-corrected chi connectivity index (χ4v) is 3.30. The Bertz CT molecular complexity index is 656. The van der Waals surface area contributed by atoms with E-state index in [0.717, 1.165) is 5.69 Å². The molecule has 5 nitrogen and oxygen atoms in total. The highest BCUT2D eigenvalue weighted by molar-refractivity contribution is 9.10. The maximum Gasteiger partial charge on any atom is 0.264 e. The molecule has 1 N–H and O–H groups in total. The molecule has 7 heteroatoms. The van der Waals surface area contributed by atoms with Gasteiger partial charge in [-0.2, -0.15) is 0 Å². The predicted octanol–water partition coefficient (Wildman–Crippen LogP) is 2.35. The largest absolute Gasteiger partial charge is 0.264 e. The lowest BCUT2D eigenvalue weighted by atomic mass is 10.4. The zero-order valence-electron chi connectivity index (χ0n) is 9.46. The zero-order valence-corrected chi connectivity index (χ0v) is 11.9. The van der Waals surface area contributed by atoms with E-state index in [4.69, 9.17) is 0 Å². The van der Waals surface area contributed by atoms with Crippen LogP contribution < -0.4 is 4.72 Å². The van der Waals surface area contributed by atoms with Crippen molar-refractivity contribution in [3.63, 3.8) is 0 Å². The second-order valence-corrected chi connectivity index (χ2v) is 6.08. The van der Waals surface area contributed by atoms with Crippen LogP contribution in [0.2, 0.25) is 0 Å². The predicted molar refractivity (Wildman–Crippen MR) is 71.7 cm³/mol. The topological polar surface area (TPSA) is 72.0 Å². The average Bonchev–Trinajstić information content (AvgIpc) is 2.32. The molecule has 0 amide bonds. The summed E-state index contributed by atoms with van der Waals surface area (Å²) in [5, 5.41) is 0. The van der Waals surface area contributed by atoms with Gasteiger partial charge in [-0.25, -0.2) is 13.4 Å². The second-order valence-electron chi connectivity index (χ2n) is 3.58. The van der Waals surface area contributed by atoms with Crippen molar-refractivity contribution < 1.29 is 8.42 Å². The molecule has 0 atom stereocenters. The van der Waals surface area contributed by atoms with Gasteiger partial charge in [0.25, 0.3) is 10.0 Å². The third-order valence-corrected chi connectivity index (χ3v) is 4.51. The molecular weight excluding hydrogens is 318 g/mol. The summed E-state index contributed by atoms with van der Waals surface area (Å²) in [4.78, 5) is 8.09. The number of benzene rings is 1. The Morgan fingerprint density at radius 1 is 1.17 bits per heavy atom. The standard InChI is InChI=1S/C11H10BrN3O2S/c1-8-6-14-11(7-13-8)15-18(16,17)10-5-3-2-4-9(10)12/h2-7H,1H3,(H,14,15). The number of aryl methyl sites for hydroxylation is 1. The Hall–Kier alpha value is -1.47. The van der Waals surface area contributed by atoms with Crippen LogP contribution in [-0.2, 0) is 10.0 Å². The first kappa shape index (κ1) is 13.0. The Balaban J connectivity index is 2.33. The van der Waals surface area contributed by atoms with Crippen LogP contribution in [0.3, 0.4) is 0 Å². The quantitative estimate of drug-likeness (QED) is 0.939. The first-order valence-electron chi connectivity index (χ1n) is 5.05. The highest BCUT2D eigenvalue weighted by Crippen LogP contribution is 2.22. The Labute approximate surface area is 113 Å². The summed E-state index contributed by atoms with van der Waals surface area (Å²) in [7, 11) is -3.66. The van der Waals surface area contributed by atoms with Gasteiger partial charge < -0.3 is 0 Å². The maximum atomic E-state index is 12.1. The van der Waals surface area contributed by atoms with Crippen LogP contribution in [-0.4, -0.2) is 18.4 Å². The number of halogens is 1. The van der Waals surface area contributed by atoms with Gasteiger partial charge in [0, 0.05) is 4.47 Å². The van der Waals surface area contributed by atoms with Crippen molar-refractivity contribution in [3.8, 4) is 0 Å². The first-order valence-corrected chi connectivity index (χ1v) is 7.33. The molecule has 0 fully saturated rings. The number of hydrogen-bond acceptors (Lipinski definition) is 4. The molecule has 2 aromatic rings. The Morgan fingerprint density at radius 2 is 1.89 bits per heavy atom. The van der Waals surface area contributed by atoms with E-state index in [0.29, 0.717) is 4.47 Å². The summed E-state index contributed by atoms with van der Waals surface area (Å²) in [5.41, 5.74) is 0.721. The second kappa shape index (κ2) is 5.03. The summed E-state index contributed by atoms with van der Waals surface area (Å²) >= 11 is 3.20. The lowest BCUT2D eigenvalue weighted by molar-refractivity contribution is 0.600. The minimum atomic E-state index is -3.66. The van der Waals surface area contributed by atoms with Crippen molar-refractivity contribution in [2.24, 2.45) is 0 Å². The van der Waals surface area contributed by atoms with Crippen molar-refractivity contribution in [1.82, 2.24) is 9.97 Å². The molecule has 0 aliphatic heterocycles. The normalized spacial score (nSPS) is 11.2. The van der Waals surface area contributed by atoms with E-state index >= 15 is 0 Å². The highest BCUT2D eigenvalue weighted by Gasteiger charge is 2.17. The van der Waals surface area contributed by atoms with Gasteiger partial charge in [0.2, 0.25) is 0 Å². The monoisotopic (exact) mass is 327 g/mol. The molecule has 18 heavy (non-hydrogen) atoms. The van der Waals surface area contributed by atoms with Crippen molar-refractivity contribution in [3.05, 3.63) is 46.8 Å². The van der Waals surface area contributed by atoms with Crippen LogP contribution in [0.4, 0.5) is 5.82 Å². The number of nitrogens with zero attached hydrogens (tertiary/aromatic N) is 2. The highest BCUT2D eigenvalue weighted by atomic mass is 79.9. The fraction of sp³-hybridized carbons (Fsp3) is 0.0909. The average molecular weight is 328 g/mol. The third-order valence-electron chi connectivity index (χ3n) is 2.15. The van der Waals surface area contributed by atoms with Crippen LogP contribution in [0, 0.1) is 6.92 Å². The lowest BCUT2D eigenvalue weighted by Crippen LogP contribution is -2.14. The molecular formula is C11H10BrN3O2S. The molecule has 0 saturated carbocycles. The number of hydrogen-bond donors (Lipinski definition) is 1. The summed E-state index contributed by atoms with van der Waals surface area (Å²) in [6, 6.07) is 6.57. The van der Waals surface area contributed by atoms with E-state index in [1.807, 2.05) is 0 Å². The van der Waals surface area contributed by atoms with Gasteiger partial charge in [0.1, 0.15) is 4.90 Å². The van der Waals surface area contributed by atoms with E-state index in [-0.39, 0.29) is 10.7 Å². The van der Waals surface area contributed by atoms with Crippen LogP contribution in [0.25, 0.3) is 0 Å². The molecule has 0 aliphatic rings. The van der Waals surface area contributed by atoms with E-state index < -0.39 is 10.0 Å². The van der Waals surface area contributed by atoms with Gasteiger partial charge in [-0.15, -0.1) is 0 Å². The van der Waals surface area contributed by atoms with Crippen LogP contribution in [0.5, 0.6) is 0 Å². The molecule has 0 unspecified atom stereocenters. The summed E-state index contributed by atoms with van der Waals surface area (Å²) in [6.45, 7) is 1.78. The third kappa shape index (κ3) is 2.85. The molecule has 0 aliphatic carbocycles. The van der Waals surface area contributed by atoms with Gasteiger partial charge in [-0.3, -0.25) is 9.71 Å². The van der Waals surface area contributed by atoms with Gasteiger partial charge in [0.15, 0.2) is 5.82 Å². The molecule has 0 radical (unpaired) electrons. The molecule has 1 aromatic carbocycles. The van der Waals surface area contributed by atoms with Crippen molar-refractivity contribution in [2.75, 3.05) is 4.72 Å². The van der Waals surface area contributed by atoms with E-state index in [9.17, 15) is 8.42 Å².